The van der Waals surface area contributed by atoms with Crippen LogP contribution in [0.25, 0.3) is 0 Å². The molecular formula is C24H31FN6O3. The molecule has 1 saturated carbocycles. The Kier molecular flexibility index (Phi) is 7.26. The van der Waals surface area contributed by atoms with Gasteiger partial charge in [-0.2, -0.15) is 4.98 Å². The van der Waals surface area contributed by atoms with Crippen LogP contribution in [-0.4, -0.2) is 76.0 Å². The van der Waals surface area contributed by atoms with Gasteiger partial charge in [-0.25, -0.2) is 9.37 Å². The van der Waals surface area contributed by atoms with E-state index in [0.29, 0.717) is 35.5 Å². The van der Waals surface area contributed by atoms with E-state index in [1.54, 1.807) is 24.3 Å². The molecule has 1 aliphatic heterocycles. The second-order valence-corrected chi connectivity index (χ2v) is 9.20. The van der Waals surface area contributed by atoms with E-state index in [1.165, 1.54) is 6.20 Å². The summed E-state index contributed by atoms with van der Waals surface area (Å²) in [5.41, 5.74) is 1.63. The smallest absolute Gasteiger partial charge is 0.306 e. The highest BCUT2D eigenvalue weighted by molar-refractivity contribution is 5.94. The predicted octanol–water partition coefficient (Wildman–Crippen LogP) is 3.13. The van der Waals surface area contributed by atoms with Crippen LogP contribution in [0.15, 0.2) is 30.5 Å². The van der Waals surface area contributed by atoms with Gasteiger partial charge in [0.05, 0.1) is 5.92 Å². The zero-order chi connectivity index (χ0) is 24.2. The van der Waals surface area contributed by atoms with Gasteiger partial charge in [-0.3, -0.25) is 9.59 Å². The molecule has 2 aromatic rings. The molecular weight excluding hydrogens is 439 g/mol. The number of nitrogens with one attached hydrogen (secondary N) is 2. The number of hydrogen-bond donors (Lipinski definition) is 3. The van der Waals surface area contributed by atoms with Crippen LogP contribution in [0.5, 0.6) is 0 Å². The topological polar surface area (TPSA) is 111 Å². The first-order valence-electron chi connectivity index (χ1n) is 11.6. The third kappa shape index (κ3) is 5.44. The van der Waals surface area contributed by atoms with Gasteiger partial charge < -0.3 is 25.5 Å². The number of carboxylic acids is 1. The molecule has 182 valence electrons. The highest BCUT2D eigenvalue weighted by Crippen LogP contribution is 2.31. The van der Waals surface area contributed by atoms with E-state index in [2.05, 4.69) is 32.5 Å². The van der Waals surface area contributed by atoms with Crippen molar-refractivity contribution in [3.05, 3.63) is 41.6 Å². The molecule has 2 heterocycles. The first kappa shape index (κ1) is 23.9. The van der Waals surface area contributed by atoms with Crippen molar-refractivity contribution < 1.29 is 19.1 Å². The van der Waals surface area contributed by atoms with Gasteiger partial charge in [-0.15, -0.1) is 0 Å². The summed E-state index contributed by atoms with van der Waals surface area (Å²) in [5.74, 6) is -0.535. The van der Waals surface area contributed by atoms with Crippen molar-refractivity contribution >= 4 is 29.3 Å². The maximum atomic E-state index is 13.4. The second kappa shape index (κ2) is 10.3. The number of aliphatic carboxylic acids is 1. The number of nitrogens with zero attached hydrogens (tertiary/aromatic N) is 4. The van der Waals surface area contributed by atoms with E-state index in [4.69, 9.17) is 5.11 Å². The maximum absolute atomic E-state index is 13.4. The summed E-state index contributed by atoms with van der Waals surface area (Å²) in [6.45, 7) is 1.26. The van der Waals surface area contributed by atoms with Crippen molar-refractivity contribution in [2.75, 3.05) is 37.8 Å². The first-order valence-corrected chi connectivity index (χ1v) is 11.6. The van der Waals surface area contributed by atoms with Crippen LogP contribution in [0.1, 0.15) is 41.6 Å². The predicted molar refractivity (Wildman–Crippen MR) is 127 cm³/mol. The quantitative estimate of drug-likeness (QED) is 0.540. The lowest BCUT2D eigenvalue weighted by Gasteiger charge is -2.35. The monoisotopic (exact) mass is 470 g/mol. The fourth-order valence-electron chi connectivity index (χ4n) is 4.40. The van der Waals surface area contributed by atoms with E-state index >= 15 is 0 Å². The Hall–Kier alpha value is -3.27. The van der Waals surface area contributed by atoms with E-state index in [-0.39, 0.29) is 29.9 Å². The molecule has 1 aliphatic carbocycles. The molecule has 0 spiro atoms. The summed E-state index contributed by atoms with van der Waals surface area (Å²) in [5, 5.41) is 15.3. The van der Waals surface area contributed by atoms with Gasteiger partial charge in [0.25, 0.3) is 5.91 Å². The number of piperidine rings is 1. The summed E-state index contributed by atoms with van der Waals surface area (Å²) in [6.07, 6.45) is 4.32. The Balaban J connectivity index is 1.38. The average Bonchev–Trinajstić information content (AvgIpc) is 2.81. The Bertz CT molecular complexity index is 1020. The standard InChI is InChI=1S/C24H31FN6O3/c1-30-9-7-20(8-10-30)31(2)22(32)15-3-5-18(6-4-15)28-24-26-14-17(13-25)21(29-24)27-19-11-16(12-19)23(33)34/h3-6,14,16,19-20H,7-13H2,1-2H3,(H,33,34)(H2,26,27,28,29). The van der Waals surface area contributed by atoms with Gasteiger partial charge >= 0.3 is 5.97 Å². The van der Waals surface area contributed by atoms with Gasteiger partial charge in [0.15, 0.2) is 0 Å². The highest BCUT2D eigenvalue weighted by atomic mass is 19.1. The summed E-state index contributed by atoms with van der Waals surface area (Å²) < 4.78 is 13.4. The molecule has 2 fully saturated rings. The molecule has 1 amide bonds. The summed E-state index contributed by atoms with van der Waals surface area (Å²) in [6, 6.07) is 7.31. The van der Waals surface area contributed by atoms with Crippen LogP contribution in [0, 0.1) is 5.92 Å². The molecule has 1 saturated heterocycles. The molecule has 1 aromatic heterocycles. The number of anilines is 3. The van der Waals surface area contributed by atoms with Gasteiger partial charge in [0.1, 0.15) is 12.5 Å². The first-order chi connectivity index (χ1) is 16.3. The number of aromatic nitrogens is 2. The zero-order valence-electron chi connectivity index (χ0n) is 19.5. The minimum atomic E-state index is -0.812. The normalized spacial score (nSPS) is 20.9. The molecule has 0 radical (unpaired) electrons. The van der Waals surface area contributed by atoms with Crippen LogP contribution in [-0.2, 0) is 11.5 Å². The number of halogens is 1. The van der Waals surface area contributed by atoms with Crippen molar-refractivity contribution in [3.63, 3.8) is 0 Å². The molecule has 0 atom stereocenters. The molecule has 1 aromatic carbocycles. The summed E-state index contributed by atoms with van der Waals surface area (Å²) in [4.78, 5) is 36.6. The lowest BCUT2D eigenvalue weighted by molar-refractivity contribution is -0.144. The van der Waals surface area contributed by atoms with Gasteiger partial charge in [0.2, 0.25) is 5.95 Å². The number of carbonyl (C=O) groups is 2. The maximum Gasteiger partial charge on any atom is 0.306 e. The van der Waals surface area contributed by atoms with Crippen LogP contribution < -0.4 is 10.6 Å². The van der Waals surface area contributed by atoms with Crippen molar-refractivity contribution in [1.82, 2.24) is 19.8 Å². The Morgan fingerprint density at radius 2 is 1.88 bits per heavy atom. The lowest BCUT2D eigenvalue weighted by Crippen LogP contribution is -2.44. The highest BCUT2D eigenvalue weighted by Gasteiger charge is 2.35. The van der Waals surface area contributed by atoms with Crippen molar-refractivity contribution in [3.8, 4) is 0 Å². The van der Waals surface area contributed by atoms with Gasteiger partial charge in [-0.05, 0) is 70.1 Å². The number of hydrogen-bond acceptors (Lipinski definition) is 7. The number of amides is 1. The Labute approximate surface area is 198 Å². The largest absolute Gasteiger partial charge is 0.481 e. The number of carboxylic acid groups (broad SMARTS) is 1. The molecule has 10 heteroatoms. The van der Waals surface area contributed by atoms with Crippen molar-refractivity contribution in [1.29, 1.82) is 0 Å². The fourth-order valence-corrected chi connectivity index (χ4v) is 4.40. The van der Waals surface area contributed by atoms with Crippen LogP contribution >= 0.6 is 0 Å². The lowest BCUT2D eigenvalue weighted by atomic mass is 9.80. The number of benzene rings is 1. The van der Waals surface area contributed by atoms with Crippen LogP contribution in [0.4, 0.5) is 21.8 Å². The molecule has 4 rings (SSSR count). The van der Waals surface area contributed by atoms with E-state index in [9.17, 15) is 14.0 Å². The summed E-state index contributed by atoms with van der Waals surface area (Å²) in [7, 11) is 3.96. The van der Waals surface area contributed by atoms with Crippen LogP contribution in [0.3, 0.4) is 0 Å². The Morgan fingerprint density at radius 3 is 2.50 bits per heavy atom. The van der Waals surface area contributed by atoms with Crippen molar-refractivity contribution in [2.24, 2.45) is 5.92 Å². The molecule has 2 aliphatic rings. The molecule has 0 bridgehead atoms. The van der Waals surface area contributed by atoms with E-state index < -0.39 is 12.6 Å². The van der Waals surface area contributed by atoms with E-state index in [0.717, 1.165) is 25.9 Å². The third-order valence-corrected chi connectivity index (χ3v) is 6.78. The number of carbonyl (C=O) groups excluding carboxylic acids is 1. The SMILES string of the molecule is CN1CCC(N(C)C(=O)c2ccc(Nc3ncc(CF)c(NC4CC(C(=O)O)C4)n3)cc2)CC1. The average molecular weight is 471 g/mol. The second-order valence-electron chi connectivity index (χ2n) is 9.20. The summed E-state index contributed by atoms with van der Waals surface area (Å²) >= 11 is 0. The third-order valence-electron chi connectivity index (χ3n) is 6.78. The number of rotatable bonds is 8. The number of alkyl halides is 1. The van der Waals surface area contributed by atoms with E-state index in [1.807, 2.05) is 11.9 Å². The van der Waals surface area contributed by atoms with Crippen molar-refractivity contribution in [2.45, 2.75) is 44.4 Å². The minimum Gasteiger partial charge on any atom is -0.481 e. The number of likely N-dealkylation sites (tertiary alicyclic amines) is 1. The molecule has 9 nitrogen and oxygen atoms in total. The molecule has 0 unspecified atom stereocenters. The van der Waals surface area contributed by atoms with Gasteiger partial charge in [0, 0.05) is 42.1 Å². The van der Waals surface area contributed by atoms with Gasteiger partial charge in [-0.1, -0.05) is 0 Å². The molecule has 34 heavy (non-hydrogen) atoms. The molecule has 3 N–H and O–H groups in total. The Morgan fingerprint density at radius 1 is 1.21 bits per heavy atom. The fraction of sp³-hybridized carbons (Fsp3) is 0.500. The van der Waals surface area contributed by atoms with Crippen LogP contribution in [0.2, 0.25) is 0 Å². The minimum absolute atomic E-state index is 0.00342. The zero-order valence-corrected chi connectivity index (χ0v) is 19.5.